The number of hydrogen-bond acceptors (Lipinski definition) is 6. The number of carbonyl (C=O) groups is 2. The molecular formula is C19H23N3O3S. The van der Waals surface area contributed by atoms with Gasteiger partial charge in [-0.2, -0.15) is 0 Å². The van der Waals surface area contributed by atoms with Gasteiger partial charge < -0.3 is 4.90 Å². The molecule has 7 heteroatoms. The number of rotatable bonds is 3. The topological polar surface area (TPSA) is 71.9 Å². The highest BCUT2D eigenvalue weighted by molar-refractivity contribution is 7.21. The minimum absolute atomic E-state index is 0.101. The van der Waals surface area contributed by atoms with Gasteiger partial charge in [0.2, 0.25) is 0 Å². The summed E-state index contributed by atoms with van der Waals surface area (Å²) >= 11 is 1.37. The lowest BCUT2D eigenvalue weighted by Crippen LogP contribution is -2.36. The van der Waals surface area contributed by atoms with Crippen LogP contribution in [-0.4, -0.2) is 40.6 Å². The maximum atomic E-state index is 12.9. The first kappa shape index (κ1) is 18.5. The first-order chi connectivity index (χ1) is 12.4. The molecule has 1 aromatic heterocycles. The van der Waals surface area contributed by atoms with Crippen LogP contribution in [0.2, 0.25) is 0 Å². The molecule has 138 valence electrons. The molecule has 1 aromatic carbocycles. The Morgan fingerprint density at radius 3 is 2.50 bits per heavy atom. The van der Waals surface area contributed by atoms with Crippen molar-refractivity contribution in [2.75, 3.05) is 13.1 Å². The zero-order valence-corrected chi connectivity index (χ0v) is 16.1. The number of para-hydroxylation sites is 1. The predicted octanol–water partition coefficient (Wildman–Crippen LogP) is 4.24. The van der Waals surface area contributed by atoms with E-state index in [0.717, 1.165) is 29.5 Å². The molecule has 0 unspecified atom stereocenters. The van der Waals surface area contributed by atoms with E-state index in [1.807, 2.05) is 45.0 Å². The van der Waals surface area contributed by atoms with Gasteiger partial charge in [-0.25, -0.2) is 9.78 Å². The number of amides is 1. The molecule has 0 aliphatic carbocycles. The fraction of sp³-hybridized carbons (Fsp3) is 0.474. The minimum atomic E-state index is -0.659. The number of hydrogen-bond donors (Lipinski definition) is 0. The third kappa shape index (κ3) is 4.09. The number of aromatic nitrogens is 1. The van der Waals surface area contributed by atoms with Gasteiger partial charge in [0.15, 0.2) is 11.5 Å². The Balaban J connectivity index is 1.90. The summed E-state index contributed by atoms with van der Waals surface area (Å²) in [6.07, 6.45) is 2.53. The van der Waals surface area contributed by atoms with E-state index in [9.17, 15) is 9.59 Å². The van der Waals surface area contributed by atoms with Crippen LogP contribution in [0.15, 0.2) is 29.4 Å². The van der Waals surface area contributed by atoms with Crippen molar-refractivity contribution in [1.29, 1.82) is 0 Å². The van der Waals surface area contributed by atoms with Crippen molar-refractivity contribution >= 4 is 39.1 Å². The standard InChI is InChI=1S/C19H23N3O3S/c1-19(2,3)16(23)15(17-20-13-9-5-6-10-14(13)26-17)21-25-18(24)22-11-7-4-8-12-22/h5-6,9-10H,4,7-8,11-12H2,1-3H3/b21-15+. The number of fused-ring (bicyclic) bond motifs is 1. The molecule has 0 atom stereocenters. The Hall–Kier alpha value is -2.28. The molecule has 1 fully saturated rings. The molecule has 0 spiro atoms. The van der Waals surface area contributed by atoms with Gasteiger partial charge in [-0.3, -0.25) is 9.63 Å². The van der Waals surface area contributed by atoms with Crippen molar-refractivity contribution in [2.24, 2.45) is 10.6 Å². The van der Waals surface area contributed by atoms with Crippen LogP contribution < -0.4 is 0 Å². The van der Waals surface area contributed by atoms with Crippen LogP contribution in [0.1, 0.15) is 45.0 Å². The van der Waals surface area contributed by atoms with Crippen LogP contribution in [-0.2, 0) is 9.63 Å². The maximum Gasteiger partial charge on any atom is 0.435 e. The first-order valence-corrected chi connectivity index (χ1v) is 9.62. The third-order valence-electron chi connectivity index (χ3n) is 4.22. The summed E-state index contributed by atoms with van der Waals surface area (Å²) in [7, 11) is 0. The molecule has 0 saturated carbocycles. The Labute approximate surface area is 156 Å². The number of piperidine rings is 1. The molecule has 0 radical (unpaired) electrons. The molecule has 26 heavy (non-hydrogen) atoms. The molecule has 0 N–H and O–H groups in total. The van der Waals surface area contributed by atoms with E-state index in [4.69, 9.17) is 4.84 Å². The van der Waals surface area contributed by atoms with Crippen LogP contribution in [0.25, 0.3) is 10.2 Å². The highest BCUT2D eigenvalue weighted by Crippen LogP contribution is 2.26. The van der Waals surface area contributed by atoms with Crippen molar-refractivity contribution < 1.29 is 14.4 Å². The molecule has 2 heterocycles. The van der Waals surface area contributed by atoms with Gasteiger partial charge in [0.1, 0.15) is 5.01 Å². The Morgan fingerprint density at radius 2 is 1.85 bits per heavy atom. The van der Waals surface area contributed by atoms with E-state index in [-0.39, 0.29) is 11.5 Å². The van der Waals surface area contributed by atoms with E-state index >= 15 is 0 Å². The second kappa shape index (κ2) is 7.53. The minimum Gasteiger partial charge on any atom is -0.306 e. The number of thiazole rings is 1. The summed E-state index contributed by atoms with van der Waals surface area (Å²) in [4.78, 5) is 36.4. The summed E-state index contributed by atoms with van der Waals surface area (Å²) in [6, 6.07) is 7.64. The predicted molar refractivity (Wildman–Crippen MR) is 103 cm³/mol. The number of likely N-dealkylation sites (tertiary alicyclic amines) is 1. The normalized spacial score (nSPS) is 16.0. The highest BCUT2D eigenvalue weighted by atomic mass is 32.1. The van der Waals surface area contributed by atoms with Crippen molar-refractivity contribution in [3.63, 3.8) is 0 Å². The summed E-state index contributed by atoms with van der Waals surface area (Å²) in [5, 5.41) is 4.42. The van der Waals surface area contributed by atoms with Gasteiger partial charge in [0.25, 0.3) is 0 Å². The average molecular weight is 373 g/mol. The molecule has 1 aliphatic rings. The lowest BCUT2D eigenvalue weighted by molar-refractivity contribution is -0.119. The number of nitrogens with zero attached hydrogens (tertiary/aromatic N) is 3. The maximum absolute atomic E-state index is 12.9. The first-order valence-electron chi connectivity index (χ1n) is 8.81. The van der Waals surface area contributed by atoms with E-state index in [1.165, 1.54) is 11.3 Å². The fourth-order valence-corrected chi connectivity index (χ4v) is 3.67. The largest absolute Gasteiger partial charge is 0.435 e. The smallest absolute Gasteiger partial charge is 0.306 e. The number of carbonyl (C=O) groups excluding carboxylic acids is 2. The average Bonchev–Trinajstić information content (AvgIpc) is 3.05. The van der Waals surface area contributed by atoms with Crippen LogP contribution in [0.5, 0.6) is 0 Å². The second-order valence-corrected chi connectivity index (χ2v) is 8.44. The molecule has 2 aromatic rings. The number of ketones is 1. The summed E-state index contributed by atoms with van der Waals surface area (Å²) < 4.78 is 0.958. The molecule has 1 saturated heterocycles. The number of benzene rings is 1. The van der Waals surface area contributed by atoms with Crippen molar-refractivity contribution in [2.45, 2.75) is 40.0 Å². The molecule has 1 amide bonds. The fourth-order valence-electron chi connectivity index (χ4n) is 2.73. The summed E-state index contributed by atoms with van der Waals surface area (Å²) in [5.41, 5.74) is 0.238. The van der Waals surface area contributed by atoms with Gasteiger partial charge in [0, 0.05) is 18.5 Å². The molecule has 3 rings (SSSR count). The van der Waals surface area contributed by atoms with Gasteiger partial charge in [-0.15, -0.1) is 11.3 Å². The summed E-state index contributed by atoms with van der Waals surface area (Å²) in [5.74, 6) is -0.206. The van der Waals surface area contributed by atoms with E-state index in [1.54, 1.807) is 4.90 Å². The van der Waals surface area contributed by atoms with E-state index in [2.05, 4.69) is 10.1 Å². The van der Waals surface area contributed by atoms with E-state index < -0.39 is 11.5 Å². The highest BCUT2D eigenvalue weighted by Gasteiger charge is 2.31. The Morgan fingerprint density at radius 1 is 1.15 bits per heavy atom. The van der Waals surface area contributed by atoms with Crippen molar-refractivity contribution in [1.82, 2.24) is 9.88 Å². The monoisotopic (exact) mass is 373 g/mol. The number of oxime groups is 1. The van der Waals surface area contributed by atoms with Crippen LogP contribution in [0, 0.1) is 5.41 Å². The van der Waals surface area contributed by atoms with Crippen molar-refractivity contribution in [3.05, 3.63) is 29.3 Å². The second-order valence-electron chi connectivity index (χ2n) is 7.41. The van der Waals surface area contributed by atoms with Crippen LogP contribution in [0.4, 0.5) is 4.79 Å². The SMILES string of the molecule is CC(C)(C)C(=O)/C(=N\OC(=O)N1CCCCC1)c1nc2ccccc2s1. The molecule has 6 nitrogen and oxygen atoms in total. The number of Topliss-reactive ketones (excluding diaryl/α,β-unsaturated/α-hetero) is 1. The van der Waals surface area contributed by atoms with Gasteiger partial charge in [-0.05, 0) is 31.4 Å². The quantitative estimate of drug-likeness (QED) is 0.458. The molecule has 1 aliphatic heterocycles. The zero-order valence-electron chi connectivity index (χ0n) is 15.3. The van der Waals surface area contributed by atoms with E-state index in [0.29, 0.717) is 18.1 Å². The Kier molecular flexibility index (Phi) is 5.36. The summed E-state index contributed by atoms with van der Waals surface area (Å²) in [6.45, 7) is 6.76. The lowest BCUT2D eigenvalue weighted by Gasteiger charge is -2.24. The Bertz CT molecular complexity index is 812. The van der Waals surface area contributed by atoms with Gasteiger partial charge in [0.05, 0.1) is 10.2 Å². The van der Waals surface area contributed by atoms with Crippen LogP contribution >= 0.6 is 11.3 Å². The molecular weight excluding hydrogens is 350 g/mol. The zero-order chi connectivity index (χ0) is 18.7. The van der Waals surface area contributed by atoms with Gasteiger partial charge in [-0.1, -0.05) is 38.1 Å². The molecule has 0 bridgehead atoms. The van der Waals surface area contributed by atoms with Gasteiger partial charge >= 0.3 is 6.09 Å². The van der Waals surface area contributed by atoms with Crippen molar-refractivity contribution in [3.8, 4) is 0 Å². The third-order valence-corrected chi connectivity index (χ3v) is 5.27. The van der Waals surface area contributed by atoms with Crippen LogP contribution in [0.3, 0.4) is 0 Å². The lowest BCUT2D eigenvalue weighted by atomic mass is 9.88.